The zero-order valence-electron chi connectivity index (χ0n) is 19.0. The Kier molecular flexibility index (Phi) is 28.8. The Balaban J connectivity index is 0. The lowest BCUT2D eigenvalue weighted by Crippen LogP contribution is -1.99. The number of unbranched alkanes of at least 4 members (excludes halogenated alkanes) is 12. The van der Waals surface area contributed by atoms with E-state index in [1.807, 2.05) is 26.0 Å². The van der Waals surface area contributed by atoms with Crippen LogP contribution in [0, 0.1) is 0 Å². The smallest absolute Gasteiger partial charge is 0.0466 e. The lowest BCUT2D eigenvalue weighted by molar-refractivity contribution is 0.130. The fourth-order valence-electron chi connectivity index (χ4n) is 2.70. The van der Waals surface area contributed by atoms with Crippen LogP contribution in [0.15, 0.2) is 12.2 Å². The average Bonchev–Trinajstić information content (AvgIpc) is 2.60. The summed E-state index contributed by atoms with van der Waals surface area (Å²) in [5.74, 6) is 0. The van der Waals surface area contributed by atoms with E-state index in [9.17, 15) is 0 Å². The zero-order valence-corrected chi connectivity index (χ0v) is 19.0. The molecule has 0 amide bonds. The van der Waals surface area contributed by atoms with Crippen LogP contribution in [0.5, 0.6) is 0 Å². The van der Waals surface area contributed by atoms with Crippen LogP contribution in [0.2, 0.25) is 0 Å². The molecule has 0 radical (unpaired) electrons. The van der Waals surface area contributed by atoms with Gasteiger partial charge in [-0.25, -0.2) is 0 Å². The SMILES string of the molecule is CCCCCCCC/C=C\CCCCCCCCOCCC.CN(C)C. The summed E-state index contributed by atoms with van der Waals surface area (Å²) in [4.78, 5) is 2.00. The van der Waals surface area contributed by atoms with Crippen LogP contribution < -0.4 is 0 Å². The normalized spacial score (nSPS) is 11.2. The van der Waals surface area contributed by atoms with Crippen LogP contribution in [0.25, 0.3) is 0 Å². The fraction of sp³-hybridized carbons (Fsp3) is 0.917. The van der Waals surface area contributed by atoms with Crippen molar-refractivity contribution in [2.24, 2.45) is 0 Å². The third-order valence-corrected chi connectivity index (χ3v) is 4.15. The molecule has 0 rings (SSSR count). The summed E-state index contributed by atoms with van der Waals surface area (Å²) in [6.07, 6.45) is 25.2. The molecule has 0 fully saturated rings. The Bertz CT molecular complexity index is 248. The van der Waals surface area contributed by atoms with Gasteiger partial charge >= 0.3 is 0 Å². The van der Waals surface area contributed by atoms with Gasteiger partial charge < -0.3 is 9.64 Å². The molecule has 0 saturated heterocycles. The number of nitrogens with zero attached hydrogens (tertiary/aromatic N) is 1. The highest BCUT2D eigenvalue weighted by Gasteiger charge is 1.92. The van der Waals surface area contributed by atoms with Gasteiger partial charge in [0.2, 0.25) is 0 Å². The molecule has 0 aromatic carbocycles. The summed E-state index contributed by atoms with van der Waals surface area (Å²) in [5, 5.41) is 0. The molecule has 0 N–H and O–H groups in total. The minimum Gasteiger partial charge on any atom is -0.381 e. The highest BCUT2D eigenvalue weighted by molar-refractivity contribution is 4.81. The fourth-order valence-corrected chi connectivity index (χ4v) is 2.70. The van der Waals surface area contributed by atoms with Crippen LogP contribution in [0.1, 0.15) is 110 Å². The highest BCUT2D eigenvalue weighted by atomic mass is 16.5. The van der Waals surface area contributed by atoms with Gasteiger partial charge in [0.15, 0.2) is 0 Å². The van der Waals surface area contributed by atoms with Gasteiger partial charge in [0, 0.05) is 13.2 Å². The van der Waals surface area contributed by atoms with E-state index in [0.717, 1.165) is 19.6 Å². The maximum atomic E-state index is 5.49. The Hall–Kier alpha value is -0.340. The van der Waals surface area contributed by atoms with Crippen molar-refractivity contribution in [3.8, 4) is 0 Å². The second kappa shape index (κ2) is 26.9. The molecule has 0 saturated carbocycles. The molecule has 0 atom stereocenters. The molecule has 0 unspecified atom stereocenters. The molecule has 0 aliphatic rings. The van der Waals surface area contributed by atoms with Crippen molar-refractivity contribution in [2.45, 2.75) is 110 Å². The third kappa shape index (κ3) is 34.9. The summed E-state index contributed by atoms with van der Waals surface area (Å²) in [6.45, 7) is 6.35. The molecule has 158 valence electrons. The van der Waals surface area contributed by atoms with E-state index in [-0.39, 0.29) is 0 Å². The molecule has 2 heteroatoms. The van der Waals surface area contributed by atoms with Crippen molar-refractivity contribution in [3.05, 3.63) is 12.2 Å². The average molecular weight is 370 g/mol. The lowest BCUT2D eigenvalue weighted by Gasteiger charge is -2.02. The molecule has 0 spiro atoms. The minimum absolute atomic E-state index is 0.936. The second-order valence-electron chi connectivity index (χ2n) is 7.89. The van der Waals surface area contributed by atoms with Crippen molar-refractivity contribution < 1.29 is 4.74 Å². The quantitative estimate of drug-likeness (QED) is 0.182. The van der Waals surface area contributed by atoms with Crippen molar-refractivity contribution in [2.75, 3.05) is 34.4 Å². The first-order chi connectivity index (χ1) is 12.6. The predicted octanol–water partition coefficient (Wildman–Crippen LogP) is 7.63. The third-order valence-electron chi connectivity index (χ3n) is 4.15. The standard InChI is InChI=1S/C21H42O.C3H9N/c1-3-5-6-7-8-9-10-11-12-13-14-15-16-17-18-19-21-22-20-4-2;1-4(2)3/h11-12H,3-10,13-21H2,1-2H3;1-3H3/b12-11-;. The van der Waals surface area contributed by atoms with Crippen molar-refractivity contribution in [1.82, 2.24) is 4.90 Å². The van der Waals surface area contributed by atoms with E-state index < -0.39 is 0 Å². The van der Waals surface area contributed by atoms with Gasteiger partial charge in [-0.2, -0.15) is 0 Å². The van der Waals surface area contributed by atoms with Gasteiger partial charge in [0.25, 0.3) is 0 Å². The molecule has 0 aromatic heterocycles. The number of hydrogen-bond acceptors (Lipinski definition) is 2. The topological polar surface area (TPSA) is 12.5 Å². The van der Waals surface area contributed by atoms with Gasteiger partial charge in [0.1, 0.15) is 0 Å². The molecular weight excluding hydrogens is 318 g/mol. The van der Waals surface area contributed by atoms with E-state index in [4.69, 9.17) is 4.74 Å². The molecule has 0 aliphatic carbocycles. The van der Waals surface area contributed by atoms with Gasteiger partial charge in [-0.15, -0.1) is 0 Å². The number of rotatable bonds is 18. The molecule has 0 aliphatic heterocycles. The first-order valence-electron chi connectivity index (χ1n) is 11.5. The predicted molar refractivity (Wildman–Crippen MR) is 120 cm³/mol. The maximum absolute atomic E-state index is 5.49. The molecular formula is C24H51NO. The Labute approximate surface area is 166 Å². The number of hydrogen-bond donors (Lipinski definition) is 0. The summed E-state index contributed by atoms with van der Waals surface area (Å²) in [7, 11) is 6.00. The van der Waals surface area contributed by atoms with Crippen LogP contribution >= 0.6 is 0 Å². The Morgan fingerprint density at radius 2 is 0.962 bits per heavy atom. The van der Waals surface area contributed by atoms with E-state index >= 15 is 0 Å². The summed E-state index contributed by atoms with van der Waals surface area (Å²) >= 11 is 0. The molecule has 0 heterocycles. The van der Waals surface area contributed by atoms with Gasteiger partial charge in [0.05, 0.1) is 0 Å². The van der Waals surface area contributed by atoms with Crippen LogP contribution in [0.4, 0.5) is 0 Å². The van der Waals surface area contributed by atoms with E-state index in [1.54, 1.807) is 0 Å². The second-order valence-corrected chi connectivity index (χ2v) is 7.89. The zero-order chi connectivity index (χ0) is 19.7. The minimum atomic E-state index is 0.936. The summed E-state index contributed by atoms with van der Waals surface area (Å²) < 4.78 is 5.49. The van der Waals surface area contributed by atoms with Crippen molar-refractivity contribution >= 4 is 0 Å². The van der Waals surface area contributed by atoms with Gasteiger partial charge in [-0.1, -0.05) is 83.8 Å². The molecule has 0 bridgehead atoms. The van der Waals surface area contributed by atoms with E-state index in [2.05, 4.69) is 26.0 Å². The first kappa shape index (κ1) is 27.9. The summed E-state index contributed by atoms with van der Waals surface area (Å²) in [6, 6.07) is 0. The van der Waals surface area contributed by atoms with Crippen molar-refractivity contribution in [3.63, 3.8) is 0 Å². The molecule has 0 aromatic rings. The maximum Gasteiger partial charge on any atom is 0.0466 e. The van der Waals surface area contributed by atoms with Crippen LogP contribution in [-0.4, -0.2) is 39.3 Å². The first-order valence-corrected chi connectivity index (χ1v) is 11.5. The highest BCUT2D eigenvalue weighted by Crippen LogP contribution is 2.09. The van der Waals surface area contributed by atoms with Gasteiger partial charge in [-0.3, -0.25) is 0 Å². The van der Waals surface area contributed by atoms with E-state index in [1.165, 1.54) is 89.9 Å². The summed E-state index contributed by atoms with van der Waals surface area (Å²) in [5.41, 5.74) is 0. The monoisotopic (exact) mass is 369 g/mol. The van der Waals surface area contributed by atoms with Crippen LogP contribution in [0.3, 0.4) is 0 Å². The molecule has 2 nitrogen and oxygen atoms in total. The number of ether oxygens (including phenoxy) is 1. The molecule has 26 heavy (non-hydrogen) atoms. The van der Waals surface area contributed by atoms with Crippen molar-refractivity contribution in [1.29, 1.82) is 0 Å². The Morgan fingerprint density at radius 1 is 0.538 bits per heavy atom. The van der Waals surface area contributed by atoms with Gasteiger partial charge in [-0.05, 0) is 59.7 Å². The number of allylic oxidation sites excluding steroid dienone is 2. The van der Waals surface area contributed by atoms with E-state index in [0.29, 0.717) is 0 Å². The van der Waals surface area contributed by atoms with Crippen LogP contribution in [-0.2, 0) is 4.74 Å². The Morgan fingerprint density at radius 3 is 1.42 bits per heavy atom. The lowest BCUT2D eigenvalue weighted by atomic mass is 10.1. The largest absolute Gasteiger partial charge is 0.381 e.